The zero-order valence-corrected chi connectivity index (χ0v) is 13.4. The molecule has 1 unspecified atom stereocenters. The van der Waals surface area contributed by atoms with Gasteiger partial charge in [0.15, 0.2) is 5.78 Å². The highest BCUT2D eigenvalue weighted by Crippen LogP contribution is 2.29. The molecular formula is C19H19N3O. The second kappa shape index (κ2) is 6.21. The molecule has 2 aromatic rings. The van der Waals surface area contributed by atoms with E-state index in [1.807, 2.05) is 42.3 Å². The fraction of sp³-hybridized carbons (Fsp3) is 0.316. The molecule has 116 valence electrons. The van der Waals surface area contributed by atoms with Crippen LogP contribution in [0.2, 0.25) is 0 Å². The van der Waals surface area contributed by atoms with E-state index in [0.717, 1.165) is 17.7 Å². The van der Waals surface area contributed by atoms with E-state index < -0.39 is 0 Å². The van der Waals surface area contributed by atoms with Crippen molar-refractivity contribution < 1.29 is 4.79 Å². The maximum absolute atomic E-state index is 12.2. The lowest BCUT2D eigenvalue weighted by atomic mass is 9.86. The Bertz CT molecular complexity index is 777. The van der Waals surface area contributed by atoms with Crippen LogP contribution in [-0.2, 0) is 13.0 Å². The molecule has 0 spiro atoms. The van der Waals surface area contributed by atoms with Crippen LogP contribution >= 0.6 is 0 Å². The molecule has 4 heteroatoms. The molecule has 1 aromatic carbocycles. The second-order valence-electron chi connectivity index (χ2n) is 6.24. The number of hydrogen-bond acceptors (Lipinski definition) is 4. The van der Waals surface area contributed by atoms with Crippen molar-refractivity contribution in [1.82, 2.24) is 4.98 Å². The monoisotopic (exact) mass is 305 g/mol. The number of aromatic nitrogens is 1. The molecule has 0 bridgehead atoms. The van der Waals surface area contributed by atoms with Crippen molar-refractivity contribution in [2.75, 3.05) is 11.9 Å². The molecule has 0 saturated heterocycles. The summed E-state index contributed by atoms with van der Waals surface area (Å²) < 4.78 is 0. The van der Waals surface area contributed by atoms with Crippen molar-refractivity contribution in [1.29, 1.82) is 5.26 Å². The van der Waals surface area contributed by atoms with E-state index in [9.17, 15) is 10.1 Å². The molecule has 0 radical (unpaired) electrons. The molecule has 1 aromatic heterocycles. The third kappa shape index (κ3) is 3.09. The molecule has 1 heterocycles. The first kappa shape index (κ1) is 15.2. The van der Waals surface area contributed by atoms with Gasteiger partial charge in [0.1, 0.15) is 11.9 Å². The van der Waals surface area contributed by atoms with Crippen molar-refractivity contribution in [3.05, 3.63) is 58.8 Å². The van der Waals surface area contributed by atoms with Gasteiger partial charge in [0.25, 0.3) is 0 Å². The number of rotatable bonds is 3. The van der Waals surface area contributed by atoms with Gasteiger partial charge in [-0.15, -0.1) is 0 Å². The van der Waals surface area contributed by atoms with Crippen molar-refractivity contribution in [2.45, 2.75) is 26.3 Å². The van der Waals surface area contributed by atoms with Gasteiger partial charge >= 0.3 is 0 Å². The SMILES string of the molecule is CC1CC(=O)c2cc(C#N)c(N(C)Cc3ccccc3)nc2C1. The van der Waals surface area contributed by atoms with Gasteiger partial charge < -0.3 is 4.90 Å². The lowest BCUT2D eigenvalue weighted by Gasteiger charge is -2.24. The molecule has 0 amide bonds. The number of anilines is 1. The van der Waals surface area contributed by atoms with Crippen LogP contribution in [0, 0.1) is 17.2 Å². The minimum atomic E-state index is 0.0972. The quantitative estimate of drug-likeness (QED) is 0.872. The number of hydrogen-bond donors (Lipinski definition) is 0. The van der Waals surface area contributed by atoms with Crippen LogP contribution in [0.25, 0.3) is 0 Å². The third-order valence-corrected chi connectivity index (χ3v) is 4.20. The van der Waals surface area contributed by atoms with Gasteiger partial charge in [-0.05, 0) is 24.0 Å². The molecule has 0 N–H and O–H groups in total. The molecule has 1 aliphatic carbocycles. The van der Waals surface area contributed by atoms with Crippen molar-refractivity contribution >= 4 is 11.6 Å². The maximum atomic E-state index is 12.2. The Kier molecular flexibility index (Phi) is 4.12. The number of Topliss-reactive ketones (excluding diaryl/α,β-unsaturated/α-hetero) is 1. The average Bonchev–Trinajstić information content (AvgIpc) is 2.54. The minimum absolute atomic E-state index is 0.0972. The highest BCUT2D eigenvalue weighted by atomic mass is 16.1. The Labute approximate surface area is 136 Å². The van der Waals surface area contributed by atoms with Gasteiger partial charge in [-0.1, -0.05) is 37.3 Å². The maximum Gasteiger partial charge on any atom is 0.165 e. The Balaban J connectivity index is 1.97. The largest absolute Gasteiger partial charge is 0.354 e. The molecular weight excluding hydrogens is 286 g/mol. The van der Waals surface area contributed by atoms with Gasteiger partial charge in [0, 0.05) is 25.6 Å². The Hall–Kier alpha value is -2.67. The summed E-state index contributed by atoms with van der Waals surface area (Å²) in [5.41, 5.74) is 3.06. The smallest absolute Gasteiger partial charge is 0.165 e. The Morgan fingerprint density at radius 2 is 2.04 bits per heavy atom. The fourth-order valence-corrected chi connectivity index (χ4v) is 3.07. The molecule has 3 rings (SSSR count). The molecule has 1 atom stereocenters. The average molecular weight is 305 g/mol. The Morgan fingerprint density at radius 1 is 1.30 bits per heavy atom. The number of carbonyl (C=O) groups excluding carboxylic acids is 1. The summed E-state index contributed by atoms with van der Waals surface area (Å²) in [5, 5.41) is 9.45. The van der Waals surface area contributed by atoms with E-state index in [-0.39, 0.29) is 5.78 Å². The number of benzene rings is 1. The summed E-state index contributed by atoms with van der Waals surface area (Å²) >= 11 is 0. The predicted molar refractivity (Wildman–Crippen MR) is 89.3 cm³/mol. The lowest BCUT2D eigenvalue weighted by Crippen LogP contribution is -2.24. The number of carbonyl (C=O) groups is 1. The van der Waals surface area contributed by atoms with E-state index >= 15 is 0 Å². The topological polar surface area (TPSA) is 57.0 Å². The van der Waals surface area contributed by atoms with E-state index in [1.54, 1.807) is 6.07 Å². The first-order valence-corrected chi connectivity index (χ1v) is 7.80. The highest BCUT2D eigenvalue weighted by Gasteiger charge is 2.26. The summed E-state index contributed by atoms with van der Waals surface area (Å²) in [7, 11) is 1.93. The Morgan fingerprint density at radius 3 is 2.74 bits per heavy atom. The first-order valence-electron chi connectivity index (χ1n) is 7.80. The fourth-order valence-electron chi connectivity index (χ4n) is 3.07. The second-order valence-corrected chi connectivity index (χ2v) is 6.24. The van der Waals surface area contributed by atoms with Crippen LogP contribution in [0.15, 0.2) is 36.4 Å². The van der Waals surface area contributed by atoms with Crippen molar-refractivity contribution in [3.8, 4) is 6.07 Å². The van der Waals surface area contributed by atoms with Gasteiger partial charge in [-0.3, -0.25) is 4.79 Å². The van der Waals surface area contributed by atoms with Crippen LogP contribution in [0.1, 0.15) is 40.5 Å². The van der Waals surface area contributed by atoms with Crippen molar-refractivity contribution in [2.24, 2.45) is 5.92 Å². The molecule has 0 saturated carbocycles. The lowest BCUT2D eigenvalue weighted by molar-refractivity contribution is 0.0952. The summed E-state index contributed by atoms with van der Waals surface area (Å²) in [5.74, 6) is 1.06. The van der Waals surface area contributed by atoms with E-state index in [1.165, 1.54) is 0 Å². The summed E-state index contributed by atoms with van der Waals surface area (Å²) in [6.07, 6.45) is 1.33. The highest BCUT2D eigenvalue weighted by molar-refractivity contribution is 5.99. The van der Waals surface area contributed by atoms with Crippen LogP contribution in [0.3, 0.4) is 0 Å². The molecule has 0 fully saturated rings. The van der Waals surface area contributed by atoms with Crippen LogP contribution in [-0.4, -0.2) is 17.8 Å². The molecule has 0 aliphatic heterocycles. The molecule has 1 aliphatic rings. The van der Waals surface area contributed by atoms with E-state index in [2.05, 4.69) is 18.0 Å². The number of ketones is 1. The summed E-state index contributed by atoms with van der Waals surface area (Å²) in [6.45, 7) is 2.74. The zero-order valence-electron chi connectivity index (χ0n) is 13.4. The van der Waals surface area contributed by atoms with Crippen LogP contribution in [0.5, 0.6) is 0 Å². The zero-order chi connectivity index (χ0) is 16.4. The number of nitrogens with zero attached hydrogens (tertiary/aromatic N) is 3. The van der Waals surface area contributed by atoms with Gasteiger partial charge in [-0.25, -0.2) is 4.98 Å². The first-order chi connectivity index (χ1) is 11.1. The van der Waals surface area contributed by atoms with Gasteiger partial charge in [0.2, 0.25) is 0 Å². The number of nitriles is 1. The third-order valence-electron chi connectivity index (χ3n) is 4.20. The standard InChI is InChI=1S/C19H19N3O/c1-13-8-17-16(18(23)9-13)10-15(11-20)19(21-17)22(2)12-14-6-4-3-5-7-14/h3-7,10,13H,8-9,12H2,1-2H3. The molecule has 4 nitrogen and oxygen atoms in total. The molecule has 23 heavy (non-hydrogen) atoms. The minimum Gasteiger partial charge on any atom is -0.354 e. The van der Waals surface area contributed by atoms with E-state index in [4.69, 9.17) is 0 Å². The predicted octanol–water partition coefficient (Wildman–Crippen LogP) is 3.35. The van der Waals surface area contributed by atoms with Gasteiger partial charge in [-0.2, -0.15) is 5.26 Å². The van der Waals surface area contributed by atoms with E-state index in [0.29, 0.717) is 35.8 Å². The normalized spacial score (nSPS) is 16.6. The van der Waals surface area contributed by atoms with Crippen LogP contribution in [0.4, 0.5) is 5.82 Å². The summed E-state index contributed by atoms with van der Waals surface area (Å²) in [4.78, 5) is 18.8. The van der Waals surface area contributed by atoms with Gasteiger partial charge in [0.05, 0.1) is 11.3 Å². The summed E-state index contributed by atoms with van der Waals surface area (Å²) in [6, 6.07) is 14.0. The number of fused-ring (bicyclic) bond motifs is 1. The van der Waals surface area contributed by atoms with Crippen LogP contribution < -0.4 is 4.90 Å². The number of pyridine rings is 1. The van der Waals surface area contributed by atoms with Crippen molar-refractivity contribution in [3.63, 3.8) is 0 Å².